The highest BCUT2D eigenvalue weighted by Crippen LogP contribution is 2.72. The predicted octanol–water partition coefficient (Wildman–Crippen LogP) is 5.16. The number of hydrogen-bond donors (Lipinski definition) is 0. The van der Waals surface area contributed by atoms with Crippen LogP contribution in [0.3, 0.4) is 0 Å². The molecule has 1 aromatic carbocycles. The van der Waals surface area contributed by atoms with Crippen molar-refractivity contribution in [2.24, 2.45) is 22.7 Å². The molecule has 0 spiro atoms. The van der Waals surface area contributed by atoms with Gasteiger partial charge >= 0.3 is 24.0 Å². The maximum absolute atomic E-state index is 13.7. The Morgan fingerprint density at radius 2 is 1.67 bits per heavy atom. The van der Waals surface area contributed by atoms with Crippen LogP contribution in [-0.2, 0) is 44.8 Å². The molecule has 1 heterocycles. The summed E-state index contributed by atoms with van der Waals surface area (Å²) in [6.07, 6.45) is 7.14. The molecule has 0 aromatic heterocycles. The zero-order valence-corrected chi connectivity index (χ0v) is 25.3. The normalized spacial score (nSPS) is 38.6. The molecule has 6 rings (SSSR count). The number of nitrogens with zero attached hydrogens (tertiary/aromatic N) is 1. The molecule has 4 aliphatic carbocycles. The molecule has 3 fully saturated rings. The van der Waals surface area contributed by atoms with Gasteiger partial charge in [-0.2, -0.15) is 0 Å². The van der Waals surface area contributed by atoms with Gasteiger partial charge in [-0.1, -0.05) is 55.8 Å². The molecule has 8 atom stereocenters. The van der Waals surface area contributed by atoms with Crippen molar-refractivity contribution in [3.63, 3.8) is 0 Å². The van der Waals surface area contributed by atoms with Gasteiger partial charge in [-0.05, 0) is 42.9 Å². The van der Waals surface area contributed by atoms with Crippen LogP contribution in [0.4, 0.5) is 4.79 Å². The molecule has 0 N–H and O–H groups in total. The topological polar surface area (TPSA) is 118 Å². The Balaban J connectivity index is 1.37. The van der Waals surface area contributed by atoms with Gasteiger partial charge in [-0.15, -0.1) is 5.06 Å². The molecule has 5 aliphatic rings. The lowest BCUT2D eigenvalue weighted by atomic mass is 9.45. The van der Waals surface area contributed by atoms with Gasteiger partial charge in [0.1, 0.15) is 24.4 Å². The van der Waals surface area contributed by atoms with Gasteiger partial charge in [0, 0.05) is 44.9 Å². The zero-order chi connectivity index (χ0) is 30.8. The third kappa shape index (κ3) is 4.24. The number of hydrogen-bond acceptors (Lipinski definition) is 9. The number of rotatable bonds is 5. The van der Waals surface area contributed by atoms with Crippen LogP contribution in [0.2, 0.25) is 0 Å². The van der Waals surface area contributed by atoms with Crippen LogP contribution < -0.4 is 0 Å². The lowest BCUT2D eigenvalue weighted by Gasteiger charge is -2.60. The van der Waals surface area contributed by atoms with Crippen LogP contribution in [0.1, 0.15) is 72.3 Å². The molecule has 1 amide bonds. The average Bonchev–Trinajstić information content (AvgIpc) is 3.32. The van der Waals surface area contributed by atoms with Crippen LogP contribution in [0.25, 0.3) is 0 Å². The van der Waals surface area contributed by atoms with E-state index in [2.05, 4.69) is 13.0 Å². The average molecular weight is 594 g/mol. The lowest BCUT2D eigenvalue weighted by Crippen LogP contribution is -2.64. The van der Waals surface area contributed by atoms with Gasteiger partial charge in [0.25, 0.3) is 0 Å². The van der Waals surface area contributed by atoms with E-state index in [4.69, 9.17) is 23.8 Å². The minimum Gasteiger partial charge on any atom is -0.462 e. The summed E-state index contributed by atoms with van der Waals surface area (Å²) in [6, 6.07) is 9.33. The molecule has 1 saturated heterocycles. The first-order valence-electron chi connectivity index (χ1n) is 15.0. The van der Waals surface area contributed by atoms with Gasteiger partial charge < -0.3 is 18.9 Å². The first-order chi connectivity index (χ1) is 20.4. The number of allylic oxidation sites excluding steroid dienone is 1. The SMILES string of the molecule is CC(=O)O[C@@H]1CC2=CC[C@@H]3[C@H](CC[C@@]4(C)[C@]35C=C[C@]4(OC(C)=O)N(C(=O)OCc3ccccc3)O5)[C@@]2(C)[C@@H](OC(C)=O)C1. The Morgan fingerprint density at radius 3 is 2.35 bits per heavy atom. The van der Waals surface area contributed by atoms with Crippen molar-refractivity contribution in [1.82, 2.24) is 5.06 Å². The first-order valence-corrected chi connectivity index (χ1v) is 15.0. The van der Waals surface area contributed by atoms with Crippen LogP contribution >= 0.6 is 0 Å². The molecular weight excluding hydrogens is 554 g/mol. The van der Waals surface area contributed by atoms with Gasteiger partial charge in [0.2, 0.25) is 5.72 Å². The number of amides is 1. The second-order valence-electron chi connectivity index (χ2n) is 12.9. The van der Waals surface area contributed by atoms with E-state index in [0.29, 0.717) is 32.1 Å². The van der Waals surface area contributed by atoms with Crippen molar-refractivity contribution in [3.8, 4) is 0 Å². The minimum absolute atomic E-state index is 0.00118. The smallest absolute Gasteiger partial charge is 0.438 e. The van der Waals surface area contributed by atoms with E-state index in [0.717, 1.165) is 16.2 Å². The van der Waals surface area contributed by atoms with E-state index >= 15 is 0 Å². The lowest BCUT2D eigenvalue weighted by molar-refractivity contribution is -0.250. The summed E-state index contributed by atoms with van der Waals surface area (Å²) < 4.78 is 23.3. The monoisotopic (exact) mass is 593 g/mol. The Kier molecular flexibility index (Phi) is 6.99. The Hall–Kier alpha value is -3.66. The molecule has 2 bridgehead atoms. The zero-order valence-electron chi connectivity index (χ0n) is 25.3. The molecule has 230 valence electrons. The summed E-state index contributed by atoms with van der Waals surface area (Å²) >= 11 is 0. The molecule has 1 aliphatic heterocycles. The third-order valence-corrected chi connectivity index (χ3v) is 10.7. The standard InChI is InChI=1S/C33H39NO9/c1-20(35)40-25-17-24-11-12-27-26(31(24,5)28(18-25)41-21(2)36)13-14-30(4)32(27)15-16-33(30,42-22(3)37)34(43-32)29(38)39-19-23-9-7-6-8-10-23/h6-11,15-16,25-28H,12-14,17-19H2,1-5H3/t25-,26+,27-,28+,30+,31+,32+,33-/m1/s1. The minimum atomic E-state index is -1.48. The van der Waals surface area contributed by atoms with E-state index < -0.39 is 46.3 Å². The maximum atomic E-state index is 13.7. The van der Waals surface area contributed by atoms with E-state index in [1.54, 1.807) is 6.08 Å². The van der Waals surface area contributed by atoms with E-state index in [9.17, 15) is 19.2 Å². The number of benzene rings is 1. The highest BCUT2D eigenvalue weighted by Gasteiger charge is 2.81. The second-order valence-corrected chi connectivity index (χ2v) is 12.9. The Morgan fingerprint density at radius 1 is 0.953 bits per heavy atom. The molecule has 0 unspecified atom stereocenters. The van der Waals surface area contributed by atoms with Gasteiger partial charge in [-0.25, -0.2) is 4.79 Å². The number of fused-ring (bicyclic) bond motifs is 3. The highest BCUT2D eigenvalue weighted by molar-refractivity contribution is 5.73. The summed E-state index contributed by atoms with van der Waals surface area (Å²) in [4.78, 5) is 57.0. The van der Waals surface area contributed by atoms with Crippen molar-refractivity contribution < 1.29 is 43.0 Å². The highest BCUT2D eigenvalue weighted by atomic mass is 16.8. The fourth-order valence-corrected chi connectivity index (χ4v) is 8.84. The molecule has 10 heteroatoms. The summed E-state index contributed by atoms with van der Waals surface area (Å²) in [5.41, 5.74) is -1.90. The third-order valence-electron chi connectivity index (χ3n) is 10.7. The van der Waals surface area contributed by atoms with Gasteiger partial charge in [0.05, 0.1) is 5.41 Å². The van der Waals surface area contributed by atoms with Crippen molar-refractivity contribution in [2.75, 3.05) is 0 Å². The number of ether oxygens (including phenoxy) is 4. The van der Waals surface area contributed by atoms with E-state index in [1.165, 1.54) is 20.8 Å². The van der Waals surface area contributed by atoms with E-state index in [1.807, 2.05) is 43.3 Å². The van der Waals surface area contributed by atoms with Gasteiger partial charge in [0.15, 0.2) is 0 Å². The molecule has 43 heavy (non-hydrogen) atoms. The Bertz CT molecular complexity index is 1410. The number of carbonyl (C=O) groups excluding carboxylic acids is 4. The van der Waals surface area contributed by atoms with Crippen LogP contribution in [0.5, 0.6) is 0 Å². The largest absolute Gasteiger partial charge is 0.462 e. The summed E-state index contributed by atoms with van der Waals surface area (Å²) in [5, 5.41) is 1.13. The van der Waals surface area contributed by atoms with Crippen molar-refractivity contribution in [2.45, 2.75) is 96.9 Å². The van der Waals surface area contributed by atoms with Crippen LogP contribution in [0.15, 0.2) is 54.1 Å². The number of hydroxylamine groups is 2. The maximum Gasteiger partial charge on any atom is 0.438 e. The molecule has 0 radical (unpaired) electrons. The fraction of sp³-hybridized carbons (Fsp3) is 0.576. The van der Waals surface area contributed by atoms with Crippen LogP contribution in [0, 0.1) is 22.7 Å². The van der Waals surface area contributed by atoms with Crippen molar-refractivity contribution in [3.05, 3.63) is 59.7 Å². The summed E-state index contributed by atoms with van der Waals surface area (Å²) in [7, 11) is 0. The molecule has 10 nitrogen and oxygen atoms in total. The Labute approximate surface area is 251 Å². The number of esters is 3. The second kappa shape index (κ2) is 10.2. The summed E-state index contributed by atoms with van der Waals surface area (Å²) in [6.45, 7) is 8.28. The molecule has 2 saturated carbocycles. The van der Waals surface area contributed by atoms with Crippen molar-refractivity contribution >= 4 is 24.0 Å². The fourth-order valence-electron chi connectivity index (χ4n) is 8.84. The van der Waals surface area contributed by atoms with Gasteiger partial charge in [-0.3, -0.25) is 19.2 Å². The van der Waals surface area contributed by atoms with Crippen molar-refractivity contribution in [1.29, 1.82) is 0 Å². The first kappa shape index (κ1) is 29.4. The van der Waals surface area contributed by atoms with Crippen LogP contribution in [-0.4, -0.2) is 52.6 Å². The number of carbonyl (C=O) groups is 4. The molecule has 1 aromatic rings. The quantitative estimate of drug-likeness (QED) is 0.259. The predicted molar refractivity (Wildman–Crippen MR) is 151 cm³/mol. The molecular formula is C33H39NO9. The van der Waals surface area contributed by atoms with E-state index in [-0.39, 0.29) is 30.5 Å². The summed E-state index contributed by atoms with van der Waals surface area (Å²) in [5.74, 6) is -1.43.